The number of carbonyl (C=O) groups is 3. The van der Waals surface area contributed by atoms with E-state index in [2.05, 4.69) is 19.7 Å². The Balaban J connectivity index is 2.05. The lowest BCUT2D eigenvalue weighted by atomic mass is 9.86. The van der Waals surface area contributed by atoms with Gasteiger partial charge in [0.25, 0.3) is 5.91 Å². The Hall–Kier alpha value is -4.50. The van der Waals surface area contributed by atoms with Crippen LogP contribution in [0.1, 0.15) is 66.5 Å². The summed E-state index contributed by atoms with van der Waals surface area (Å²) < 4.78 is 125. The third-order valence-corrected chi connectivity index (χ3v) is 8.98. The van der Waals surface area contributed by atoms with E-state index in [4.69, 9.17) is 14.2 Å². The molecule has 1 fully saturated rings. The van der Waals surface area contributed by atoms with Gasteiger partial charge in [0, 0.05) is 13.1 Å². The highest BCUT2D eigenvalue weighted by atomic mass is 32.2. The van der Waals surface area contributed by atoms with Crippen molar-refractivity contribution >= 4 is 28.2 Å². The van der Waals surface area contributed by atoms with Crippen LogP contribution < -0.4 is 19.7 Å². The van der Waals surface area contributed by atoms with Crippen molar-refractivity contribution in [1.82, 2.24) is 20.7 Å². The number of hydrogen-bond donors (Lipinski definition) is 2. The number of alkyl carbamates (subject to hydrolysis) is 1. The summed E-state index contributed by atoms with van der Waals surface area (Å²) in [6.45, 7) is 12.8. The van der Waals surface area contributed by atoms with Crippen molar-refractivity contribution in [1.29, 1.82) is 0 Å². The van der Waals surface area contributed by atoms with Crippen molar-refractivity contribution in [3.8, 4) is 11.5 Å². The molecule has 0 aromatic heterocycles. The zero-order valence-corrected chi connectivity index (χ0v) is 32.9. The summed E-state index contributed by atoms with van der Waals surface area (Å²) in [5.41, 5.74) is -5.31. The van der Waals surface area contributed by atoms with Gasteiger partial charge in [0.1, 0.15) is 28.9 Å². The van der Waals surface area contributed by atoms with E-state index in [1.54, 1.807) is 55.4 Å². The minimum Gasteiger partial charge on any atom is -0.453 e. The quantitative estimate of drug-likeness (QED) is 0.105. The fourth-order valence-corrected chi connectivity index (χ4v) is 6.13. The number of ether oxygens (including phenoxy) is 4. The molecule has 1 heterocycles. The molecule has 1 aliphatic rings. The lowest BCUT2D eigenvalue weighted by Crippen LogP contribution is -2.58. The highest BCUT2D eigenvalue weighted by molar-refractivity contribution is 7.88. The summed E-state index contributed by atoms with van der Waals surface area (Å²) in [4.78, 5) is 41.1. The maximum Gasteiger partial charge on any atom is 0.573 e. The van der Waals surface area contributed by atoms with Gasteiger partial charge in [-0.1, -0.05) is 45.0 Å². The standard InChI is InChI=1S/C35H46F6N4O10S/c1-31(2,3)27(42-29(47)51-9)28(46)43-44(19-22-12-14-23(15-13-22)52-34(36,37)38)20-26-25(45(33(7,8)53-26)30(48)54-32(4,5)6)18-21-10-16-24(17-11-21)55-56(49,50)35(39,40)41/h10-17,25-27H,18-20H2,1-9H3,(H,42,47)(H,43,46)/t25-,26-,27+/m0/s1. The van der Waals surface area contributed by atoms with Crippen LogP contribution in [-0.4, -0.2) is 91.5 Å². The van der Waals surface area contributed by atoms with Gasteiger partial charge in [0.15, 0.2) is 0 Å². The first kappa shape index (κ1) is 45.9. The van der Waals surface area contributed by atoms with Crippen LogP contribution in [0.5, 0.6) is 11.5 Å². The van der Waals surface area contributed by atoms with Crippen molar-refractivity contribution in [2.45, 2.75) is 110 Å². The molecular weight excluding hydrogens is 782 g/mol. The molecule has 0 unspecified atom stereocenters. The summed E-state index contributed by atoms with van der Waals surface area (Å²) >= 11 is 0. The van der Waals surface area contributed by atoms with Gasteiger partial charge in [0.05, 0.1) is 19.3 Å². The van der Waals surface area contributed by atoms with Gasteiger partial charge in [-0.15, -0.1) is 13.2 Å². The largest absolute Gasteiger partial charge is 0.573 e. The third kappa shape index (κ3) is 13.0. The number of amides is 3. The van der Waals surface area contributed by atoms with Crippen molar-refractivity contribution in [2.75, 3.05) is 13.7 Å². The Morgan fingerprint density at radius 3 is 1.91 bits per heavy atom. The molecule has 2 aromatic carbocycles. The summed E-state index contributed by atoms with van der Waals surface area (Å²) in [5, 5.41) is 3.87. The molecule has 56 heavy (non-hydrogen) atoms. The van der Waals surface area contributed by atoms with E-state index < -0.39 is 86.5 Å². The number of alkyl halides is 6. The van der Waals surface area contributed by atoms with E-state index in [9.17, 15) is 49.1 Å². The molecule has 3 atom stereocenters. The van der Waals surface area contributed by atoms with Crippen molar-refractivity contribution < 1.29 is 72.3 Å². The number of methoxy groups -OCH3 is 1. The molecule has 2 N–H and O–H groups in total. The van der Waals surface area contributed by atoms with Crippen LogP contribution in [0.4, 0.5) is 35.9 Å². The molecule has 14 nitrogen and oxygen atoms in total. The fourth-order valence-electron chi connectivity index (χ4n) is 5.67. The molecule has 1 aliphatic heterocycles. The molecule has 0 saturated carbocycles. The maximum atomic E-state index is 13.8. The van der Waals surface area contributed by atoms with Crippen LogP contribution in [0, 0.1) is 5.41 Å². The van der Waals surface area contributed by atoms with Crippen LogP contribution in [0.15, 0.2) is 48.5 Å². The zero-order chi connectivity index (χ0) is 42.7. The number of nitrogens with one attached hydrogen (secondary N) is 2. The molecule has 2 aromatic rings. The SMILES string of the molecule is COC(=O)N[C@H](C(=O)NN(Cc1ccc(OC(F)(F)F)cc1)C[C@@H]1OC(C)(C)N(C(=O)OC(C)(C)C)[C@H]1Cc1ccc(OS(=O)(=O)C(F)(F)F)cc1)C(C)(C)C. The number of benzene rings is 2. The van der Waals surface area contributed by atoms with Crippen LogP contribution in [0.2, 0.25) is 0 Å². The molecule has 0 radical (unpaired) electrons. The second kappa shape index (κ2) is 16.9. The molecule has 0 bridgehead atoms. The van der Waals surface area contributed by atoms with E-state index in [0.29, 0.717) is 11.1 Å². The van der Waals surface area contributed by atoms with Gasteiger partial charge in [-0.2, -0.15) is 21.6 Å². The van der Waals surface area contributed by atoms with Gasteiger partial charge in [-0.3, -0.25) is 15.1 Å². The minimum atomic E-state index is -5.95. The molecule has 1 saturated heterocycles. The van der Waals surface area contributed by atoms with Gasteiger partial charge < -0.3 is 28.4 Å². The fraction of sp³-hybridized carbons (Fsp3) is 0.571. The van der Waals surface area contributed by atoms with Crippen LogP contribution in [0.3, 0.4) is 0 Å². The Morgan fingerprint density at radius 2 is 1.43 bits per heavy atom. The number of rotatable bonds is 12. The first-order valence-corrected chi connectivity index (χ1v) is 18.4. The topological polar surface area (TPSA) is 162 Å². The van der Waals surface area contributed by atoms with E-state index >= 15 is 0 Å². The number of hydrazine groups is 1. The number of carbonyl (C=O) groups excluding carboxylic acids is 3. The summed E-state index contributed by atoms with van der Waals surface area (Å²) in [6.07, 6.45) is -7.65. The second-order valence-corrected chi connectivity index (χ2v) is 16.9. The van der Waals surface area contributed by atoms with Gasteiger partial charge in [-0.05, 0) is 81.8 Å². The van der Waals surface area contributed by atoms with Gasteiger partial charge in [-0.25, -0.2) is 14.6 Å². The summed E-state index contributed by atoms with van der Waals surface area (Å²) in [7, 11) is -4.83. The van der Waals surface area contributed by atoms with Crippen LogP contribution >= 0.6 is 0 Å². The first-order chi connectivity index (χ1) is 25.4. The first-order valence-electron chi connectivity index (χ1n) is 17.0. The highest BCUT2D eigenvalue weighted by Crippen LogP contribution is 2.37. The monoisotopic (exact) mass is 828 g/mol. The number of hydrogen-bond acceptors (Lipinski definition) is 11. The highest BCUT2D eigenvalue weighted by Gasteiger charge is 2.52. The van der Waals surface area contributed by atoms with Crippen molar-refractivity contribution in [3.63, 3.8) is 0 Å². The Morgan fingerprint density at radius 1 is 0.893 bits per heavy atom. The minimum absolute atomic E-state index is 0.0422. The normalized spacial score (nSPS) is 18.2. The zero-order valence-electron chi connectivity index (χ0n) is 32.1. The molecular formula is C35H46F6N4O10S. The number of halogens is 6. The van der Waals surface area contributed by atoms with E-state index in [1.807, 2.05) is 0 Å². The van der Waals surface area contributed by atoms with E-state index in [0.717, 1.165) is 31.4 Å². The maximum absolute atomic E-state index is 13.8. The van der Waals surface area contributed by atoms with E-state index in [1.165, 1.54) is 34.2 Å². The van der Waals surface area contributed by atoms with Gasteiger partial charge >= 0.3 is 34.2 Å². The lowest BCUT2D eigenvalue weighted by molar-refractivity contribution is -0.274. The molecule has 3 amide bonds. The molecule has 0 aliphatic carbocycles. The average Bonchev–Trinajstić information content (AvgIpc) is 3.26. The van der Waals surface area contributed by atoms with E-state index in [-0.39, 0.29) is 19.5 Å². The van der Waals surface area contributed by atoms with Crippen molar-refractivity contribution in [3.05, 3.63) is 59.7 Å². The molecule has 3 rings (SSSR count). The number of nitrogens with zero attached hydrogens (tertiary/aromatic N) is 2. The Kier molecular flexibility index (Phi) is 13.9. The molecule has 21 heteroatoms. The Labute approximate surface area is 320 Å². The second-order valence-electron chi connectivity index (χ2n) is 15.3. The summed E-state index contributed by atoms with van der Waals surface area (Å²) in [5.74, 6) is -1.82. The average molecular weight is 829 g/mol. The predicted octanol–water partition coefficient (Wildman–Crippen LogP) is 6.40. The van der Waals surface area contributed by atoms with Gasteiger partial charge in [0.2, 0.25) is 0 Å². The Bertz CT molecular complexity index is 1790. The van der Waals surface area contributed by atoms with Crippen molar-refractivity contribution in [2.24, 2.45) is 5.41 Å². The molecule has 0 spiro atoms. The lowest BCUT2D eigenvalue weighted by Gasteiger charge is -2.35. The smallest absolute Gasteiger partial charge is 0.453 e. The van der Waals surface area contributed by atoms with Crippen LogP contribution in [0.25, 0.3) is 0 Å². The predicted molar refractivity (Wildman–Crippen MR) is 187 cm³/mol. The molecule has 314 valence electrons. The third-order valence-electron chi connectivity index (χ3n) is 8.00. The summed E-state index contributed by atoms with van der Waals surface area (Å²) in [6, 6.07) is 7.35. The van der Waals surface area contributed by atoms with Crippen LogP contribution in [-0.2, 0) is 42.1 Å².